The second-order valence-corrected chi connectivity index (χ2v) is 9.58. The lowest BCUT2D eigenvalue weighted by Gasteiger charge is -2.39. The number of nitrogens with one attached hydrogen (secondary N) is 1. The van der Waals surface area contributed by atoms with Crippen LogP contribution in [-0.2, 0) is 5.54 Å². The highest BCUT2D eigenvalue weighted by Crippen LogP contribution is 2.42. The quantitative estimate of drug-likeness (QED) is 0.561. The molecule has 34 heavy (non-hydrogen) atoms. The Hall–Kier alpha value is -3.44. The summed E-state index contributed by atoms with van der Waals surface area (Å²) in [6.45, 7) is 1.97. The van der Waals surface area contributed by atoms with Gasteiger partial charge in [-0.2, -0.15) is 10.4 Å². The minimum atomic E-state index is -0.801. The molecule has 0 radical (unpaired) electrons. The van der Waals surface area contributed by atoms with Gasteiger partial charge in [-0.1, -0.05) is 13.0 Å². The Bertz CT molecular complexity index is 1280. The first-order valence-electron chi connectivity index (χ1n) is 11.9. The molecule has 0 aliphatic heterocycles. The van der Waals surface area contributed by atoms with E-state index in [1.165, 1.54) is 0 Å². The van der Waals surface area contributed by atoms with Gasteiger partial charge in [0.2, 0.25) is 0 Å². The minimum Gasteiger partial charge on any atom is -0.494 e. The third-order valence-corrected chi connectivity index (χ3v) is 7.39. The number of benzene rings is 1. The highest BCUT2D eigenvalue weighted by atomic mass is 16.5. The van der Waals surface area contributed by atoms with E-state index in [1.807, 2.05) is 31.3 Å². The lowest BCUT2D eigenvalue weighted by Crippen LogP contribution is -2.43. The van der Waals surface area contributed by atoms with E-state index in [0.717, 1.165) is 23.9 Å². The zero-order valence-corrected chi connectivity index (χ0v) is 19.5. The number of anilines is 1. The van der Waals surface area contributed by atoms with Crippen LogP contribution in [0.15, 0.2) is 36.5 Å². The van der Waals surface area contributed by atoms with E-state index in [9.17, 15) is 15.2 Å². The number of nitrogens with zero attached hydrogens (tertiary/aromatic N) is 4. The number of fused-ring (bicyclic) bond motifs is 1. The Morgan fingerprint density at radius 2 is 2.06 bits per heavy atom. The molecule has 2 aromatic heterocycles. The number of hydrogen-bond donors (Lipinski definition) is 2. The molecule has 2 N–H and O–H groups in total. The van der Waals surface area contributed by atoms with Crippen molar-refractivity contribution in [3.63, 3.8) is 0 Å². The number of aromatic nitrogens is 3. The van der Waals surface area contributed by atoms with Crippen LogP contribution in [0.3, 0.4) is 0 Å². The highest BCUT2D eigenvalue weighted by molar-refractivity contribution is 6.05. The van der Waals surface area contributed by atoms with Gasteiger partial charge < -0.3 is 15.2 Å². The molecule has 3 aromatic rings. The van der Waals surface area contributed by atoms with Crippen LogP contribution in [0.1, 0.15) is 74.0 Å². The third kappa shape index (κ3) is 4.01. The topological polar surface area (TPSA) is 113 Å². The Morgan fingerprint density at radius 3 is 2.71 bits per heavy atom. The van der Waals surface area contributed by atoms with Gasteiger partial charge in [0, 0.05) is 29.3 Å². The Kier molecular flexibility index (Phi) is 5.53. The van der Waals surface area contributed by atoms with E-state index >= 15 is 0 Å². The molecule has 2 aliphatic rings. The molecule has 176 valence electrons. The van der Waals surface area contributed by atoms with Gasteiger partial charge in [0.05, 0.1) is 30.0 Å². The van der Waals surface area contributed by atoms with Crippen LogP contribution >= 0.6 is 0 Å². The van der Waals surface area contributed by atoms with E-state index < -0.39 is 11.1 Å². The molecule has 0 atom stereocenters. The van der Waals surface area contributed by atoms with E-state index in [4.69, 9.17) is 4.74 Å². The van der Waals surface area contributed by atoms with Crippen LogP contribution < -0.4 is 10.1 Å². The average Bonchev–Trinajstić information content (AvgIpc) is 3.64. The monoisotopic (exact) mass is 459 g/mol. The summed E-state index contributed by atoms with van der Waals surface area (Å²) in [6, 6.07) is 11.6. The Labute approximate surface area is 198 Å². The van der Waals surface area contributed by atoms with Crippen molar-refractivity contribution in [3.05, 3.63) is 47.9 Å². The average molecular weight is 460 g/mol. The van der Waals surface area contributed by atoms with Crippen molar-refractivity contribution in [2.75, 3.05) is 12.4 Å². The highest BCUT2D eigenvalue weighted by Gasteiger charge is 2.43. The second-order valence-electron chi connectivity index (χ2n) is 9.58. The SMILES string of the molecule is CCC1(O)CCC(C#N)(n2cc3cc(NC(=O)c4cccc(C5CC5)n4)c(OC)cc3n2)CC1. The fourth-order valence-electron chi connectivity index (χ4n) is 4.78. The van der Waals surface area contributed by atoms with Gasteiger partial charge in [0.15, 0.2) is 0 Å². The summed E-state index contributed by atoms with van der Waals surface area (Å²) in [5, 5.41) is 29.1. The molecule has 5 rings (SSSR count). The molecule has 2 saturated carbocycles. The number of carbonyl (C=O) groups excluding carboxylic acids is 1. The largest absolute Gasteiger partial charge is 0.494 e. The molecular formula is C26H29N5O3. The van der Waals surface area contributed by atoms with Crippen molar-refractivity contribution in [1.82, 2.24) is 14.8 Å². The third-order valence-electron chi connectivity index (χ3n) is 7.39. The summed E-state index contributed by atoms with van der Waals surface area (Å²) in [5.74, 6) is 0.650. The van der Waals surface area contributed by atoms with E-state index in [2.05, 4.69) is 21.5 Å². The number of hydrogen-bond acceptors (Lipinski definition) is 6. The molecule has 1 amide bonds. The summed E-state index contributed by atoms with van der Waals surface area (Å²) in [4.78, 5) is 17.5. The maximum atomic E-state index is 12.9. The van der Waals surface area contributed by atoms with Gasteiger partial charge in [-0.05, 0) is 63.1 Å². The predicted molar refractivity (Wildman–Crippen MR) is 128 cm³/mol. The van der Waals surface area contributed by atoms with Crippen LogP contribution in [0.4, 0.5) is 5.69 Å². The first-order valence-corrected chi connectivity index (χ1v) is 11.9. The van der Waals surface area contributed by atoms with Gasteiger partial charge >= 0.3 is 0 Å². The number of aliphatic hydroxyl groups is 1. The van der Waals surface area contributed by atoms with Gasteiger partial charge in [0.1, 0.15) is 17.0 Å². The van der Waals surface area contributed by atoms with Crippen molar-refractivity contribution < 1.29 is 14.6 Å². The minimum absolute atomic E-state index is 0.299. The fourth-order valence-corrected chi connectivity index (χ4v) is 4.78. The lowest BCUT2D eigenvalue weighted by atomic mass is 9.73. The Morgan fingerprint density at radius 1 is 1.29 bits per heavy atom. The lowest BCUT2D eigenvalue weighted by molar-refractivity contribution is -0.0236. The normalized spacial score (nSPS) is 24.5. The van der Waals surface area contributed by atoms with Crippen molar-refractivity contribution in [3.8, 4) is 11.8 Å². The van der Waals surface area contributed by atoms with Crippen LogP contribution in [0, 0.1) is 11.3 Å². The molecule has 0 unspecified atom stereocenters. The molecular weight excluding hydrogens is 430 g/mol. The molecule has 0 saturated heterocycles. The van der Waals surface area contributed by atoms with Crippen molar-refractivity contribution in [2.45, 2.75) is 68.9 Å². The smallest absolute Gasteiger partial charge is 0.274 e. The maximum Gasteiger partial charge on any atom is 0.274 e. The van der Waals surface area contributed by atoms with Crippen LogP contribution in [-0.4, -0.2) is 38.5 Å². The number of methoxy groups -OCH3 is 1. The van der Waals surface area contributed by atoms with Gasteiger partial charge in [-0.3, -0.25) is 9.48 Å². The first kappa shape index (κ1) is 22.4. The Balaban J connectivity index is 1.43. The van der Waals surface area contributed by atoms with Gasteiger partial charge in [-0.25, -0.2) is 4.98 Å². The number of carbonyl (C=O) groups is 1. The summed E-state index contributed by atoms with van der Waals surface area (Å²) in [6.07, 6.45) is 6.94. The molecule has 0 bridgehead atoms. The molecule has 0 spiro atoms. The predicted octanol–water partition coefficient (Wildman–Crippen LogP) is 4.50. The van der Waals surface area contributed by atoms with E-state index in [-0.39, 0.29) is 5.91 Å². The zero-order valence-electron chi connectivity index (χ0n) is 19.5. The molecule has 2 heterocycles. The van der Waals surface area contributed by atoms with E-state index in [1.54, 1.807) is 23.9 Å². The maximum absolute atomic E-state index is 12.9. The number of pyridine rings is 1. The first-order chi connectivity index (χ1) is 16.4. The van der Waals surface area contributed by atoms with E-state index in [0.29, 0.717) is 60.7 Å². The van der Waals surface area contributed by atoms with Crippen molar-refractivity contribution in [2.24, 2.45) is 0 Å². The van der Waals surface area contributed by atoms with Crippen LogP contribution in [0.25, 0.3) is 10.9 Å². The zero-order chi connectivity index (χ0) is 23.9. The summed E-state index contributed by atoms with van der Waals surface area (Å²) < 4.78 is 7.25. The molecule has 8 heteroatoms. The molecule has 2 aliphatic carbocycles. The van der Waals surface area contributed by atoms with Gasteiger partial charge in [0.25, 0.3) is 5.91 Å². The molecule has 2 fully saturated rings. The standard InChI is InChI=1S/C26H29N5O3/c1-3-26(33)11-9-25(16-27,10-12-26)31-15-18-13-22(23(34-2)14-21(18)30-31)29-24(32)20-6-4-5-19(28-20)17-7-8-17/h4-6,13-15,17,33H,3,7-12H2,1-2H3,(H,29,32). The summed E-state index contributed by atoms with van der Waals surface area (Å²) in [7, 11) is 1.54. The van der Waals surface area contributed by atoms with Crippen LogP contribution in [0.5, 0.6) is 5.75 Å². The van der Waals surface area contributed by atoms with Crippen molar-refractivity contribution in [1.29, 1.82) is 5.26 Å². The van der Waals surface area contributed by atoms with Crippen LogP contribution in [0.2, 0.25) is 0 Å². The number of rotatable bonds is 6. The molecule has 1 aromatic carbocycles. The summed E-state index contributed by atoms with van der Waals surface area (Å²) >= 11 is 0. The fraction of sp³-hybridized carbons (Fsp3) is 0.462. The summed E-state index contributed by atoms with van der Waals surface area (Å²) in [5.41, 5.74) is 1.02. The van der Waals surface area contributed by atoms with Crippen molar-refractivity contribution >= 4 is 22.5 Å². The number of amides is 1. The second kappa shape index (κ2) is 8.41. The number of nitriles is 1. The number of ether oxygens (including phenoxy) is 1. The van der Waals surface area contributed by atoms with Gasteiger partial charge in [-0.15, -0.1) is 0 Å². The molecule has 8 nitrogen and oxygen atoms in total.